The van der Waals surface area contributed by atoms with Gasteiger partial charge in [0.15, 0.2) is 0 Å². The van der Waals surface area contributed by atoms with Crippen molar-refractivity contribution in [2.24, 2.45) is 0 Å². The maximum absolute atomic E-state index is 5.66. The molecule has 54 valence electrons. The number of halogens is 1. The summed E-state index contributed by atoms with van der Waals surface area (Å²) in [6, 6.07) is 0.346. The minimum absolute atomic E-state index is 0. The SMILES string of the molecule is C/C(Cl)=C(/C)[N-]C(C)C.[Li+]. The molecule has 0 rings (SSSR count). The molecule has 0 aliphatic heterocycles. The molecule has 0 aromatic rings. The third kappa shape index (κ3) is 6.55. The monoisotopic (exact) mass is 153 g/mol. The van der Waals surface area contributed by atoms with E-state index in [1.807, 2.05) is 27.7 Å². The van der Waals surface area contributed by atoms with Gasteiger partial charge in [0.2, 0.25) is 0 Å². The van der Waals surface area contributed by atoms with E-state index < -0.39 is 0 Å². The average Bonchev–Trinajstić information content (AvgIpc) is 1.63. The van der Waals surface area contributed by atoms with Crippen molar-refractivity contribution in [3.63, 3.8) is 0 Å². The third-order valence-corrected chi connectivity index (χ3v) is 1.22. The predicted octanol–water partition coefficient (Wildman–Crippen LogP) is 0.263. The maximum atomic E-state index is 5.66. The minimum Gasteiger partial charge on any atom is -0.685 e. The van der Waals surface area contributed by atoms with Crippen LogP contribution in [0.2, 0.25) is 0 Å². The molecule has 0 amide bonds. The first-order chi connectivity index (χ1) is 4.04. The van der Waals surface area contributed by atoms with E-state index in [9.17, 15) is 0 Å². The fourth-order valence-corrected chi connectivity index (χ4v) is 0.525. The zero-order valence-electron chi connectivity index (χ0n) is 7.40. The molecule has 0 N–H and O–H groups in total. The molecule has 0 spiro atoms. The molecule has 0 unspecified atom stereocenters. The van der Waals surface area contributed by atoms with E-state index >= 15 is 0 Å². The molecule has 0 aromatic carbocycles. The predicted molar refractivity (Wildman–Crippen MR) is 42.7 cm³/mol. The number of hydrogen-bond acceptors (Lipinski definition) is 0. The van der Waals surface area contributed by atoms with Crippen LogP contribution in [-0.2, 0) is 0 Å². The molecule has 3 heteroatoms. The second-order valence-corrected chi connectivity index (χ2v) is 2.91. The fourth-order valence-electron chi connectivity index (χ4n) is 0.476. The number of hydrogen-bond donors (Lipinski definition) is 0. The molecule has 10 heavy (non-hydrogen) atoms. The molecule has 0 heterocycles. The van der Waals surface area contributed by atoms with Crippen LogP contribution >= 0.6 is 11.6 Å². The number of rotatable bonds is 2. The van der Waals surface area contributed by atoms with Crippen molar-refractivity contribution in [1.29, 1.82) is 0 Å². The van der Waals surface area contributed by atoms with Crippen molar-refractivity contribution >= 4 is 11.6 Å². The van der Waals surface area contributed by atoms with Gasteiger partial charge in [0.1, 0.15) is 0 Å². The van der Waals surface area contributed by atoms with Gasteiger partial charge in [-0.2, -0.15) is 5.70 Å². The van der Waals surface area contributed by atoms with Crippen LogP contribution in [0, 0.1) is 0 Å². The summed E-state index contributed by atoms with van der Waals surface area (Å²) >= 11 is 5.66. The van der Waals surface area contributed by atoms with Gasteiger partial charge >= 0.3 is 18.9 Å². The first kappa shape index (κ1) is 13.0. The summed E-state index contributed by atoms with van der Waals surface area (Å²) in [7, 11) is 0. The molecule has 0 bridgehead atoms. The fraction of sp³-hybridized carbons (Fsp3) is 0.714. The van der Waals surface area contributed by atoms with Crippen molar-refractivity contribution in [3.05, 3.63) is 16.0 Å². The molecular formula is C7H13ClLiN. The van der Waals surface area contributed by atoms with Gasteiger partial charge in [0, 0.05) is 0 Å². The van der Waals surface area contributed by atoms with Crippen molar-refractivity contribution in [3.8, 4) is 0 Å². The normalized spacial score (nSPS) is 12.2. The quantitative estimate of drug-likeness (QED) is 0.506. The summed E-state index contributed by atoms with van der Waals surface area (Å²) < 4.78 is 0. The Morgan fingerprint density at radius 2 is 1.70 bits per heavy atom. The van der Waals surface area contributed by atoms with Crippen LogP contribution in [0.1, 0.15) is 27.7 Å². The number of nitrogens with zero attached hydrogens (tertiary/aromatic N) is 1. The Morgan fingerprint density at radius 1 is 1.30 bits per heavy atom. The van der Waals surface area contributed by atoms with E-state index in [0.717, 1.165) is 10.7 Å². The van der Waals surface area contributed by atoms with Crippen molar-refractivity contribution in [2.75, 3.05) is 0 Å². The van der Waals surface area contributed by atoms with E-state index in [0.29, 0.717) is 6.04 Å². The topological polar surface area (TPSA) is 14.1 Å². The zero-order valence-corrected chi connectivity index (χ0v) is 8.16. The van der Waals surface area contributed by atoms with Crippen molar-refractivity contribution < 1.29 is 18.9 Å². The molecule has 0 saturated carbocycles. The first-order valence-electron chi connectivity index (χ1n) is 3.08. The molecule has 0 radical (unpaired) electrons. The molecular weight excluding hydrogens is 140 g/mol. The molecule has 0 aliphatic rings. The van der Waals surface area contributed by atoms with E-state index in [1.165, 1.54) is 0 Å². The summed E-state index contributed by atoms with van der Waals surface area (Å²) in [6.45, 7) is 7.83. The third-order valence-electron chi connectivity index (χ3n) is 0.950. The summed E-state index contributed by atoms with van der Waals surface area (Å²) in [5.74, 6) is 0. The second-order valence-electron chi connectivity index (χ2n) is 2.34. The van der Waals surface area contributed by atoms with Crippen LogP contribution in [-0.4, -0.2) is 6.04 Å². The first-order valence-corrected chi connectivity index (χ1v) is 3.45. The Balaban J connectivity index is 0. The van der Waals surface area contributed by atoms with E-state index in [-0.39, 0.29) is 18.9 Å². The Labute approximate surface area is 80.4 Å². The van der Waals surface area contributed by atoms with Crippen LogP contribution in [0.5, 0.6) is 0 Å². The van der Waals surface area contributed by atoms with Gasteiger partial charge < -0.3 is 5.32 Å². The molecule has 0 saturated heterocycles. The Morgan fingerprint density at radius 3 is 1.80 bits per heavy atom. The van der Waals surface area contributed by atoms with E-state index in [1.54, 1.807) is 0 Å². The zero-order chi connectivity index (χ0) is 7.44. The average molecular weight is 154 g/mol. The summed E-state index contributed by atoms with van der Waals surface area (Å²) in [6.07, 6.45) is 0. The summed E-state index contributed by atoms with van der Waals surface area (Å²) in [5.41, 5.74) is 0.937. The van der Waals surface area contributed by atoms with Gasteiger partial charge in [0.05, 0.1) is 0 Å². The van der Waals surface area contributed by atoms with Gasteiger partial charge in [-0.15, -0.1) is 6.04 Å². The van der Waals surface area contributed by atoms with Gasteiger partial charge in [-0.1, -0.05) is 32.4 Å². The van der Waals surface area contributed by atoms with Crippen LogP contribution in [0.4, 0.5) is 0 Å². The second kappa shape index (κ2) is 6.16. The van der Waals surface area contributed by atoms with Crippen LogP contribution in [0.15, 0.2) is 10.7 Å². The van der Waals surface area contributed by atoms with Gasteiger partial charge in [-0.05, 0) is 12.0 Å². The summed E-state index contributed by atoms with van der Waals surface area (Å²) in [5, 5.41) is 5.01. The Kier molecular flexibility index (Phi) is 8.04. The molecule has 1 nitrogen and oxygen atoms in total. The molecule has 0 aliphatic carbocycles. The van der Waals surface area contributed by atoms with Crippen LogP contribution in [0.25, 0.3) is 5.32 Å². The smallest absolute Gasteiger partial charge is 0.685 e. The summed E-state index contributed by atoms with van der Waals surface area (Å²) in [4.78, 5) is 0. The Hall–Kier alpha value is 0.427. The van der Waals surface area contributed by atoms with E-state index in [2.05, 4.69) is 5.32 Å². The number of allylic oxidation sites excluding steroid dienone is 2. The minimum atomic E-state index is 0. The van der Waals surface area contributed by atoms with Crippen molar-refractivity contribution in [1.82, 2.24) is 0 Å². The van der Waals surface area contributed by atoms with Crippen LogP contribution < -0.4 is 18.9 Å². The Bertz CT molecular complexity index is 117. The van der Waals surface area contributed by atoms with Crippen LogP contribution in [0.3, 0.4) is 0 Å². The van der Waals surface area contributed by atoms with E-state index in [4.69, 9.17) is 11.6 Å². The van der Waals surface area contributed by atoms with Gasteiger partial charge in [0.25, 0.3) is 0 Å². The standard InChI is InChI=1S/C7H13ClN.Li/c1-5(2)9-7(4)6(3)8;/h5H,1-4H3;/q-1;+1/b7-6+;. The molecule has 0 aromatic heterocycles. The molecule has 0 atom stereocenters. The van der Waals surface area contributed by atoms with Gasteiger partial charge in [-0.25, -0.2) is 0 Å². The van der Waals surface area contributed by atoms with Gasteiger partial charge in [-0.3, -0.25) is 0 Å². The van der Waals surface area contributed by atoms with Crippen molar-refractivity contribution in [2.45, 2.75) is 33.7 Å². The largest absolute Gasteiger partial charge is 1.00 e. The maximum Gasteiger partial charge on any atom is 1.00 e. The molecule has 0 fully saturated rings.